The lowest BCUT2D eigenvalue weighted by molar-refractivity contribution is 0.155. The van der Waals surface area contributed by atoms with Gasteiger partial charge in [-0.15, -0.1) is 11.3 Å². The van der Waals surface area contributed by atoms with Crippen LogP contribution < -0.4 is 0 Å². The molecule has 3 heteroatoms. The number of thiophene rings is 1. The van der Waals surface area contributed by atoms with E-state index in [0.717, 1.165) is 21.2 Å². The van der Waals surface area contributed by atoms with Gasteiger partial charge in [-0.05, 0) is 36.4 Å². The monoisotopic (exact) mass is 212 g/mol. The van der Waals surface area contributed by atoms with E-state index in [9.17, 15) is 8.78 Å². The highest BCUT2D eigenvalue weighted by atomic mass is 32.1. The second kappa shape index (κ2) is 3.31. The van der Waals surface area contributed by atoms with Crippen molar-refractivity contribution in [3.05, 3.63) is 34.2 Å². The number of rotatable bonds is 1. The average molecular weight is 212 g/mol. The number of halogens is 2. The van der Waals surface area contributed by atoms with Crippen LogP contribution in [0.15, 0.2) is 18.2 Å². The predicted molar refractivity (Wildman–Crippen MR) is 56.3 cm³/mol. The molecule has 0 fully saturated rings. The SMILES string of the molecule is Cc1ccc2c(C)c(C(F)F)sc2c1. The summed E-state index contributed by atoms with van der Waals surface area (Å²) in [6.07, 6.45) is -2.35. The highest BCUT2D eigenvalue weighted by molar-refractivity contribution is 7.19. The summed E-state index contributed by atoms with van der Waals surface area (Å²) in [6, 6.07) is 5.83. The van der Waals surface area contributed by atoms with Crippen molar-refractivity contribution in [1.82, 2.24) is 0 Å². The minimum Gasteiger partial charge on any atom is -0.204 e. The molecule has 0 amide bonds. The van der Waals surface area contributed by atoms with Gasteiger partial charge in [0.2, 0.25) is 0 Å². The highest BCUT2D eigenvalue weighted by Gasteiger charge is 2.16. The van der Waals surface area contributed by atoms with Crippen LogP contribution in [0.4, 0.5) is 8.78 Å². The van der Waals surface area contributed by atoms with E-state index in [1.165, 1.54) is 11.3 Å². The van der Waals surface area contributed by atoms with E-state index in [2.05, 4.69) is 0 Å². The molecule has 1 aromatic carbocycles. The third kappa shape index (κ3) is 1.42. The van der Waals surface area contributed by atoms with Gasteiger partial charge in [0.1, 0.15) is 0 Å². The summed E-state index contributed by atoms with van der Waals surface area (Å²) >= 11 is 1.20. The molecule has 0 spiro atoms. The van der Waals surface area contributed by atoms with E-state index in [4.69, 9.17) is 0 Å². The summed E-state index contributed by atoms with van der Waals surface area (Å²) in [7, 11) is 0. The zero-order chi connectivity index (χ0) is 10.3. The molecular weight excluding hydrogens is 202 g/mol. The van der Waals surface area contributed by atoms with E-state index in [0.29, 0.717) is 0 Å². The van der Waals surface area contributed by atoms with Crippen LogP contribution in [-0.2, 0) is 0 Å². The zero-order valence-corrected chi connectivity index (χ0v) is 8.79. The number of alkyl halides is 2. The maximum Gasteiger partial charge on any atom is 0.273 e. The molecule has 14 heavy (non-hydrogen) atoms. The third-order valence-electron chi connectivity index (χ3n) is 2.33. The number of benzene rings is 1. The van der Waals surface area contributed by atoms with Crippen LogP contribution >= 0.6 is 11.3 Å². The van der Waals surface area contributed by atoms with Crippen LogP contribution in [0.1, 0.15) is 22.4 Å². The van der Waals surface area contributed by atoms with Gasteiger partial charge in [-0.1, -0.05) is 12.1 Å². The van der Waals surface area contributed by atoms with Gasteiger partial charge in [-0.25, -0.2) is 8.78 Å². The first-order chi connectivity index (χ1) is 6.59. The van der Waals surface area contributed by atoms with Gasteiger partial charge in [0.15, 0.2) is 0 Å². The van der Waals surface area contributed by atoms with Gasteiger partial charge >= 0.3 is 0 Å². The summed E-state index contributed by atoms with van der Waals surface area (Å²) in [5.41, 5.74) is 1.83. The Balaban J connectivity index is 2.73. The maximum absolute atomic E-state index is 12.6. The summed E-state index contributed by atoms with van der Waals surface area (Å²) < 4.78 is 26.1. The average Bonchev–Trinajstić information content (AvgIpc) is 2.43. The second-order valence-corrected chi connectivity index (χ2v) is 4.48. The number of fused-ring (bicyclic) bond motifs is 1. The van der Waals surface area contributed by atoms with Crippen LogP contribution in [0.3, 0.4) is 0 Å². The Morgan fingerprint density at radius 2 is 1.93 bits per heavy atom. The minimum absolute atomic E-state index is 0.200. The van der Waals surface area contributed by atoms with E-state index in [1.54, 1.807) is 6.92 Å². The molecule has 74 valence electrons. The standard InChI is InChI=1S/C11H10F2S/c1-6-3-4-8-7(2)10(11(12)13)14-9(8)5-6/h3-5,11H,1-2H3. The molecule has 0 aliphatic heterocycles. The molecule has 0 aliphatic carbocycles. The summed E-state index contributed by atoms with van der Waals surface area (Å²) in [5.74, 6) is 0. The van der Waals surface area contributed by atoms with Crippen LogP contribution in [0.25, 0.3) is 10.1 Å². The van der Waals surface area contributed by atoms with E-state index in [-0.39, 0.29) is 4.88 Å². The molecule has 0 aliphatic rings. The highest BCUT2D eigenvalue weighted by Crippen LogP contribution is 2.37. The van der Waals surface area contributed by atoms with Gasteiger partial charge < -0.3 is 0 Å². The topological polar surface area (TPSA) is 0 Å². The fourth-order valence-corrected chi connectivity index (χ4v) is 2.72. The normalized spacial score (nSPS) is 11.5. The summed E-state index contributed by atoms with van der Waals surface area (Å²) in [5, 5.41) is 0.955. The van der Waals surface area contributed by atoms with Crippen LogP contribution in [0, 0.1) is 13.8 Å². The Bertz CT molecular complexity index is 471. The van der Waals surface area contributed by atoms with Gasteiger partial charge in [0.25, 0.3) is 6.43 Å². The lowest BCUT2D eigenvalue weighted by atomic mass is 10.1. The Kier molecular flexibility index (Phi) is 2.27. The van der Waals surface area contributed by atoms with Crippen molar-refractivity contribution in [2.45, 2.75) is 20.3 Å². The van der Waals surface area contributed by atoms with Gasteiger partial charge in [0, 0.05) is 4.70 Å². The summed E-state index contributed by atoms with van der Waals surface area (Å²) in [4.78, 5) is 0.200. The molecular formula is C11H10F2S. The largest absolute Gasteiger partial charge is 0.273 e. The lowest BCUT2D eigenvalue weighted by Gasteiger charge is -1.95. The third-order valence-corrected chi connectivity index (χ3v) is 3.59. The quantitative estimate of drug-likeness (QED) is 0.654. The number of aryl methyl sites for hydroxylation is 2. The fourth-order valence-electron chi connectivity index (χ4n) is 1.56. The van der Waals surface area contributed by atoms with Crippen LogP contribution in [0.2, 0.25) is 0 Å². The Hall–Kier alpha value is -0.960. The molecule has 0 N–H and O–H groups in total. The van der Waals surface area contributed by atoms with Crippen molar-refractivity contribution in [2.24, 2.45) is 0 Å². The Morgan fingerprint density at radius 1 is 1.21 bits per heavy atom. The molecule has 0 radical (unpaired) electrons. The Morgan fingerprint density at radius 3 is 2.57 bits per heavy atom. The van der Waals surface area contributed by atoms with Gasteiger partial charge in [-0.2, -0.15) is 0 Å². The van der Waals surface area contributed by atoms with Crippen molar-refractivity contribution in [2.75, 3.05) is 0 Å². The smallest absolute Gasteiger partial charge is 0.204 e. The summed E-state index contributed by atoms with van der Waals surface area (Å²) in [6.45, 7) is 3.73. The number of hydrogen-bond donors (Lipinski definition) is 0. The molecule has 1 aromatic heterocycles. The number of hydrogen-bond acceptors (Lipinski definition) is 1. The van der Waals surface area contributed by atoms with Crippen molar-refractivity contribution in [3.63, 3.8) is 0 Å². The molecule has 0 atom stereocenters. The first-order valence-electron chi connectivity index (χ1n) is 4.37. The molecule has 0 bridgehead atoms. The zero-order valence-electron chi connectivity index (χ0n) is 7.97. The molecule has 0 nitrogen and oxygen atoms in total. The van der Waals surface area contributed by atoms with Crippen molar-refractivity contribution in [3.8, 4) is 0 Å². The minimum atomic E-state index is -2.35. The van der Waals surface area contributed by atoms with Crippen LogP contribution in [0.5, 0.6) is 0 Å². The molecule has 1 heterocycles. The molecule has 2 aromatic rings. The second-order valence-electron chi connectivity index (χ2n) is 3.39. The van der Waals surface area contributed by atoms with Gasteiger partial charge in [-0.3, -0.25) is 0 Å². The molecule has 0 saturated carbocycles. The predicted octanol–water partition coefficient (Wildman–Crippen LogP) is 4.46. The van der Waals surface area contributed by atoms with Crippen molar-refractivity contribution >= 4 is 21.4 Å². The van der Waals surface area contributed by atoms with Crippen molar-refractivity contribution in [1.29, 1.82) is 0 Å². The first-order valence-corrected chi connectivity index (χ1v) is 5.19. The molecule has 2 rings (SSSR count). The first kappa shape index (κ1) is 9.59. The van der Waals surface area contributed by atoms with E-state index in [1.807, 2.05) is 25.1 Å². The van der Waals surface area contributed by atoms with E-state index < -0.39 is 6.43 Å². The molecule has 0 unspecified atom stereocenters. The Labute approximate surface area is 85.2 Å². The maximum atomic E-state index is 12.6. The van der Waals surface area contributed by atoms with Crippen LogP contribution in [-0.4, -0.2) is 0 Å². The lowest BCUT2D eigenvalue weighted by Crippen LogP contribution is -1.80. The van der Waals surface area contributed by atoms with E-state index >= 15 is 0 Å². The molecule has 0 saturated heterocycles. The fraction of sp³-hybridized carbons (Fsp3) is 0.273. The van der Waals surface area contributed by atoms with Gasteiger partial charge in [0.05, 0.1) is 4.88 Å². The van der Waals surface area contributed by atoms with Crippen molar-refractivity contribution < 1.29 is 8.78 Å².